The van der Waals surface area contributed by atoms with Crippen LogP contribution in [0.3, 0.4) is 0 Å². The van der Waals surface area contributed by atoms with Crippen LogP contribution >= 0.6 is 0 Å². The number of aryl methyl sites for hydroxylation is 2. The second-order valence-corrected chi connectivity index (χ2v) is 7.93. The molecule has 0 aromatic heterocycles. The number of piperidine rings is 1. The molecule has 2 rings (SSSR count). The Kier molecular flexibility index (Phi) is 4.70. The zero-order valence-electron chi connectivity index (χ0n) is 12.8. The lowest BCUT2D eigenvalue weighted by atomic mass is 9.93. The van der Waals surface area contributed by atoms with E-state index in [1.807, 2.05) is 6.92 Å². The SMILES string of the molecule is Cc1cc(S(=O)(=O)N2CCCC(C(C)N)C2)cc(C)c1F. The predicted octanol–water partition coefficient (Wildman–Crippen LogP) is 2.19. The Morgan fingerprint density at radius 2 is 1.90 bits per heavy atom. The van der Waals surface area contributed by atoms with Crippen LogP contribution in [-0.2, 0) is 10.0 Å². The highest BCUT2D eigenvalue weighted by atomic mass is 32.2. The molecule has 21 heavy (non-hydrogen) atoms. The van der Waals surface area contributed by atoms with Crippen LogP contribution < -0.4 is 5.73 Å². The average Bonchev–Trinajstić information content (AvgIpc) is 2.44. The van der Waals surface area contributed by atoms with Gasteiger partial charge in [0.2, 0.25) is 10.0 Å². The summed E-state index contributed by atoms with van der Waals surface area (Å²) >= 11 is 0. The predicted molar refractivity (Wildman–Crippen MR) is 81.0 cm³/mol. The zero-order valence-corrected chi connectivity index (χ0v) is 13.6. The van der Waals surface area contributed by atoms with Crippen molar-refractivity contribution in [2.45, 2.75) is 44.6 Å². The maximum atomic E-state index is 13.7. The standard InChI is InChI=1S/C15H23FN2O2S/c1-10-7-14(8-11(2)15(10)16)21(19,20)18-6-4-5-13(9-18)12(3)17/h7-8,12-13H,4-6,9,17H2,1-3H3. The minimum atomic E-state index is -3.58. The maximum Gasteiger partial charge on any atom is 0.243 e. The lowest BCUT2D eigenvalue weighted by molar-refractivity contribution is 0.243. The highest BCUT2D eigenvalue weighted by Gasteiger charge is 2.32. The molecular weight excluding hydrogens is 291 g/mol. The number of halogens is 1. The number of hydrogen-bond donors (Lipinski definition) is 1. The first-order chi connectivity index (χ1) is 9.73. The van der Waals surface area contributed by atoms with E-state index < -0.39 is 10.0 Å². The second kappa shape index (κ2) is 6.02. The van der Waals surface area contributed by atoms with E-state index in [0.717, 1.165) is 12.8 Å². The van der Waals surface area contributed by atoms with Gasteiger partial charge in [-0.15, -0.1) is 0 Å². The van der Waals surface area contributed by atoms with Crippen molar-refractivity contribution < 1.29 is 12.8 Å². The third-order valence-corrected chi connectivity index (χ3v) is 6.05. The van der Waals surface area contributed by atoms with Gasteiger partial charge >= 0.3 is 0 Å². The van der Waals surface area contributed by atoms with Crippen LogP contribution in [0.1, 0.15) is 30.9 Å². The number of hydrogen-bond acceptors (Lipinski definition) is 3. The van der Waals surface area contributed by atoms with Gasteiger partial charge in [0.05, 0.1) is 4.90 Å². The van der Waals surface area contributed by atoms with Crippen molar-refractivity contribution in [3.63, 3.8) is 0 Å². The summed E-state index contributed by atoms with van der Waals surface area (Å²) in [6, 6.07) is 2.79. The normalized spacial score (nSPS) is 22.2. The topological polar surface area (TPSA) is 63.4 Å². The highest BCUT2D eigenvalue weighted by molar-refractivity contribution is 7.89. The van der Waals surface area contributed by atoms with E-state index in [-0.39, 0.29) is 22.7 Å². The Hall–Kier alpha value is -0.980. The number of benzene rings is 1. The van der Waals surface area contributed by atoms with Crippen molar-refractivity contribution in [3.8, 4) is 0 Å². The van der Waals surface area contributed by atoms with Crippen molar-refractivity contribution in [1.82, 2.24) is 4.31 Å². The second-order valence-electron chi connectivity index (χ2n) is 6.00. The molecule has 1 aromatic carbocycles. The third kappa shape index (κ3) is 3.27. The van der Waals surface area contributed by atoms with Gasteiger partial charge < -0.3 is 5.73 Å². The molecule has 1 aliphatic rings. The molecule has 1 heterocycles. The molecule has 6 heteroatoms. The van der Waals surface area contributed by atoms with E-state index in [0.29, 0.717) is 24.2 Å². The molecule has 1 aliphatic heterocycles. The molecule has 0 aliphatic carbocycles. The summed E-state index contributed by atoms with van der Waals surface area (Å²) in [4.78, 5) is 0.171. The van der Waals surface area contributed by atoms with Gasteiger partial charge in [0.1, 0.15) is 5.82 Å². The quantitative estimate of drug-likeness (QED) is 0.930. The van der Waals surface area contributed by atoms with Crippen molar-refractivity contribution >= 4 is 10.0 Å². The summed E-state index contributed by atoms with van der Waals surface area (Å²) in [6.45, 7) is 6.02. The van der Waals surface area contributed by atoms with E-state index in [9.17, 15) is 12.8 Å². The van der Waals surface area contributed by atoms with Gasteiger partial charge in [0.25, 0.3) is 0 Å². The molecule has 0 radical (unpaired) electrons. The van der Waals surface area contributed by atoms with Crippen LogP contribution in [0.25, 0.3) is 0 Å². The van der Waals surface area contributed by atoms with Crippen molar-refractivity contribution in [1.29, 1.82) is 0 Å². The third-order valence-electron chi connectivity index (χ3n) is 4.21. The van der Waals surface area contributed by atoms with E-state index in [4.69, 9.17) is 5.73 Å². The van der Waals surface area contributed by atoms with Crippen LogP contribution in [-0.4, -0.2) is 31.9 Å². The monoisotopic (exact) mass is 314 g/mol. The molecule has 0 spiro atoms. The van der Waals surface area contributed by atoms with Crippen LogP contribution in [0, 0.1) is 25.6 Å². The Morgan fingerprint density at radius 1 is 1.33 bits per heavy atom. The van der Waals surface area contributed by atoms with Crippen LogP contribution in [0.15, 0.2) is 17.0 Å². The summed E-state index contributed by atoms with van der Waals surface area (Å²) in [6.07, 6.45) is 1.76. The van der Waals surface area contributed by atoms with Gasteiger partial charge in [0, 0.05) is 19.1 Å². The lowest BCUT2D eigenvalue weighted by Gasteiger charge is -2.33. The molecule has 1 saturated heterocycles. The molecule has 0 amide bonds. The molecule has 2 unspecified atom stereocenters. The number of sulfonamides is 1. The van der Waals surface area contributed by atoms with Gasteiger partial charge in [0.15, 0.2) is 0 Å². The largest absolute Gasteiger partial charge is 0.328 e. The van der Waals surface area contributed by atoms with E-state index in [1.54, 1.807) is 13.8 Å². The van der Waals surface area contributed by atoms with Crippen molar-refractivity contribution in [3.05, 3.63) is 29.1 Å². The fourth-order valence-corrected chi connectivity index (χ4v) is 4.53. The van der Waals surface area contributed by atoms with Gasteiger partial charge in [-0.25, -0.2) is 12.8 Å². The number of nitrogens with two attached hydrogens (primary N) is 1. The van der Waals surface area contributed by atoms with E-state index in [2.05, 4.69) is 0 Å². The molecule has 2 atom stereocenters. The minimum Gasteiger partial charge on any atom is -0.328 e. The van der Waals surface area contributed by atoms with Gasteiger partial charge in [-0.2, -0.15) is 4.31 Å². The van der Waals surface area contributed by atoms with Gasteiger partial charge in [-0.3, -0.25) is 0 Å². The molecule has 1 aromatic rings. The van der Waals surface area contributed by atoms with Crippen molar-refractivity contribution in [2.75, 3.05) is 13.1 Å². The summed E-state index contributed by atoms with van der Waals surface area (Å²) < 4.78 is 40.6. The van der Waals surface area contributed by atoms with Crippen LogP contribution in [0.2, 0.25) is 0 Å². The Labute approximate surface area is 126 Å². The molecule has 0 bridgehead atoms. The summed E-state index contributed by atoms with van der Waals surface area (Å²) in [7, 11) is -3.58. The molecule has 0 saturated carbocycles. The first kappa shape index (κ1) is 16.4. The fraction of sp³-hybridized carbons (Fsp3) is 0.600. The van der Waals surface area contributed by atoms with E-state index >= 15 is 0 Å². The van der Waals surface area contributed by atoms with E-state index in [1.165, 1.54) is 16.4 Å². The molecule has 118 valence electrons. The summed E-state index contributed by atoms with van der Waals surface area (Å²) in [5.41, 5.74) is 6.62. The van der Waals surface area contributed by atoms with Gasteiger partial charge in [-0.05, 0) is 62.8 Å². The summed E-state index contributed by atoms with van der Waals surface area (Å²) in [5, 5.41) is 0. The van der Waals surface area contributed by atoms with Crippen LogP contribution in [0.5, 0.6) is 0 Å². The molecular formula is C15H23FN2O2S. The average molecular weight is 314 g/mol. The van der Waals surface area contributed by atoms with Crippen LogP contribution in [0.4, 0.5) is 4.39 Å². The molecule has 4 nitrogen and oxygen atoms in total. The molecule has 1 fully saturated rings. The van der Waals surface area contributed by atoms with Gasteiger partial charge in [-0.1, -0.05) is 0 Å². The Bertz CT molecular complexity index is 606. The fourth-order valence-electron chi connectivity index (χ4n) is 2.83. The first-order valence-corrected chi connectivity index (χ1v) is 8.70. The summed E-state index contributed by atoms with van der Waals surface area (Å²) in [5.74, 6) is -0.169. The maximum absolute atomic E-state index is 13.7. The zero-order chi connectivity index (χ0) is 15.8. The molecule has 2 N–H and O–H groups in total. The Balaban J connectivity index is 2.34. The highest BCUT2D eigenvalue weighted by Crippen LogP contribution is 2.27. The van der Waals surface area contributed by atoms with Crippen molar-refractivity contribution in [2.24, 2.45) is 11.7 Å². The number of rotatable bonds is 3. The number of nitrogens with zero attached hydrogens (tertiary/aromatic N) is 1. The lowest BCUT2D eigenvalue weighted by Crippen LogP contribution is -2.45. The smallest absolute Gasteiger partial charge is 0.243 e. The minimum absolute atomic E-state index is 0.0281. The Morgan fingerprint density at radius 3 is 2.43 bits per heavy atom. The first-order valence-electron chi connectivity index (χ1n) is 7.26.